The monoisotopic (exact) mass is 574 g/mol. The number of ether oxygens (including phenoxy) is 3. The summed E-state index contributed by atoms with van der Waals surface area (Å²) in [7, 11) is 0. The minimum Gasteiger partial charge on any atom is -0.459 e. The standard InChI is InChI=1S/C25H23IN2O6/c1-15-3-7-17(8-4-15)23(29)32-14-21-20(34-24(30)18-9-5-16(2)6-10-18)11-22(33-21)28-13-19(26)12-27-25(28)31/h3-10,12-13,20-22H,11,14H2,1-2H3/t20-,21+,22+/m0/s1. The van der Waals surface area contributed by atoms with E-state index in [1.165, 1.54) is 10.8 Å². The molecule has 0 aliphatic carbocycles. The van der Waals surface area contributed by atoms with Crippen LogP contribution in [0, 0.1) is 17.4 Å². The second-order valence-electron chi connectivity index (χ2n) is 8.10. The fourth-order valence-electron chi connectivity index (χ4n) is 3.58. The molecule has 0 radical (unpaired) electrons. The van der Waals surface area contributed by atoms with Gasteiger partial charge in [-0.05, 0) is 60.7 Å². The highest BCUT2D eigenvalue weighted by Gasteiger charge is 2.40. The van der Waals surface area contributed by atoms with Crippen LogP contribution in [0.2, 0.25) is 0 Å². The lowest BCUT2D eigenvalue weighted by atomic mass is 10.1. The van der Waals surface area contributed by atoms with Gasteiger partial charge in [0.2, 0.25) is 0 Å². The molecular weight excluding hydrogens is 551 g/mol. The number of carbonyl (C=O) groups is 2. The van der Waals surface area contributed by atoms with Gasteiger partial charge < -0.3 is 14.2 Å². The van der Waals surface area contributed by atoms with Crippen LogP contribution in [0.3, 0.4) is 0 Å². The number of carbonyl (C=O) groups excluding carboxylic acids is 2. The minimum atomic E-state index is -0.751. The number of aromatic nitrogens is 2. The van der Waals surface area contributed by atoms with Gasteiger partial charge in [0.1, 0.15) is 25.0 Å². The lowest BCUT2D eigenvalue weighted by Gasteiger charge is -2.19. The molecule has 0 N–H and O–H groups in total. The predicted octanol–water partition coefficient (Wildman–Crippen LogP) is 3.83. The van der Waals surface area contributed by atoms with E-state index in [4.69, 9.17) is 14.2 Å². The van der Waals surface area contributed by atoms with Crippen LogP contribution in [0.5, 0.6) is 0 Å². The lowest BCUT2D eigenvalue weighted by Crippen LogP contribution is -2.32. The molecule has 8 nitrogen and oxygen atoms in total. The highest BCUT2D eigenvalue weighted by Crippen LogP contribution is 2.31. The minimum absolute atomic E-state index is 0.138. The molecule has 176 valence electrons. The van der Waals surface area contributed by atoms with E-state index in [1.807, 2.05) is 38.1 Å². The Hall–Kier alpha value is -3.05. The van der Waals surface area contributed by atoms with E-state index in [0.29, 0.717) is 11.1 Å². The van der Waals surface area contributed by atoms with Crippen molar-refractivity contribution < 1.29 is 23.8 Å². The summed E-state index contributed by atoms with van der Waals surface area (Å²) in [4.78, 5) is 41.4. The Bertz CT molecular complexity index is 1240. The normalized spacial score (nSPS) is 19.6. The zero-order valence-corrected chi connectivity index (χ0v) is 20.8. The van der Waals surface area contributed by atoms with Gasteiger partial charge in [0.15, 0.2) is 0 Å². The second kappa shape index (κ2) is 10.5. The topological polar surface area (TPSA) is 96.7 Å². The fraction of sp³-hybridized carbons (Fsp3) is 0.280. The van der Waals surface area contributed by atoms with E-state index in [2.05, 4.69) is 27.6 Å². The average molecular weight is 574 g/mol. The van der Waals surface area contributed by atoms with Gasteiger partial charge in [0.05, 0.1) is 11.1 Å². The summed E-state index contributed by atoms with van der Waals surface area (Å²) < 4.78 is 19.3. The summed E-state index contributed by atoms with van der Waals surface area (Å²) in [5.41, 5.74) is 2.38. The number of hydrogen-bond donors (Lipinski definition) is 0. The Labute approximate surface area is 210 Å². The Kier molecular flexibility index (Phi) is 7.42. The van der Waals surface area contributed by atoms with Gasteiger partial charge in [0, 0.05) is 22.4 Å². The number of hydrogen-bond acceptors (Lipinski definition) is 7. The van der Waals surface area contributed by atoms with Gasteiger partial charge in [-0.1, -0.05) is 35.4 Å². The number of benzene rings is 2. The van der Waals surface area contributed by atoms with Crippen LogP contribution in [0.4, 0.5) is 0 Å². The molecule has 3 atom stereocenters. The van der Waals surface area contributed by atoms with E-state index in [-0.39, 0.29) is 13.0 Å². The summed E-state index contributed by atoms with van der Waals surface area (Å²) >= 11 is 2.05. The van der Waals surface area contributed by atoms with Crippen molar-refractivity contribution in [1.29, 1.82) is 0 Å². The van der Waals surface area contributed by atoms with Crippen molar-refractivity contribution in [2.24, 2.45) is 0 Å². The zero-order valence-electron chi connectivity index (χ0n) is 18.6. The quantitative estimate of drug-likeness (QED) is 0.326. The van der Waals surface area contributed by atoms with Crippen molar-refractivity contribution in [1.82, 2.24) is 9.55 Å². The van der Waals surface area contributed by atoms with Crippen LogP contribution >= 0.6 is 22.6 Å². The Balaban J connectivity index is 1.51. The maximum Gasteiger partial charge on any atom is 0.349 e. The highest BCUT2D eigenvalue weighted by molar-refractivity contribution is 14.1. The maximum absolute atomic E-state index is 12.7. The van der Waals surface area contributed by atoms with Gasteiger partial charge in [-0.25, -0.2) is 19.4 Å². The Morgan fingerprint density at radius 1 is 1.03 bits per heavy atom. The maximum atomic E-state index is 12.7. The van der Waals surface area contributed by atoms with Crippen LogP contribution in [0.1, 0.15) is 44.5 Å². The first-order chi connectivity index (χ1) is 16.3. The Morgan fingerprint density at radius 2 is 1.62 bits per heavy atom. The summed E-state index contributed by atoms with van der Waals surface area (Å²) in [6.45, 7) is 3.72. The van der Waals surface area contributed by atoms with Crippen molar-refractivity contribution in [3.8, 4) is 0 Å². The smallest absolute Gasteiger partial charge is 0.349 e. The van der Waals surface area contributed by atoms with Crippen LogP contribution in [-0.2, 0) is 14.2 Å². The highest BCUT2D eigenvalue weighted by atomic mass is 127. The number of aryl methyl sites for hydroxylation is 2. The molecule has 9 heteroatoms. The first-order valence-corrected chi connectivity index (χ1v) is 11.8. The van der Waals surface area contributed by atoms with E-state index in [9.17, 15) is 14.4 Å². The summed E-state index contributed by atoms with van der Waals surface area (Å²) in [6.07, 6.45) is 1.11. The van der Waals surface area contributed by atoms with Gasteiger partial charge in [-0.2, -0.15) is 0 Å². The average Bonchev–Trinajstić information content (AvgIpc) is 3.22. The third kappa shape index (κ3) is 5.71. The van der Waals surface area contributed by atoms with Gasteiger partial charge in [0.25, 0.3) is 0 Å². The van der Waals surface area contributed by atoms with Crippen molar-refractivity contribution in [3.63, 3.8) is 0 Å². The molecular formula is C25H23IN2O6. The van der Waals surface area contributed by atoms with Crippen molar-refractivity contribution in [2.75, 3.05) is 6.61 Å². The molecule has 0 bridgehead atoms. The molecule has 34 heavy (non-hydrogen) atoms. The van der Waals surface area contributed by atoms with Crippen LogP contribution in [0.15, 0.2) is 65.7 Å². The van der Waals surface area contributed by atoms with Crippen LogP contribution in [-0.4, -0.2) is 40.3 Å². The summed E-state index contributed by atoms with van der Waals surface area (Å²) in [5, 5.41) is 0. The molecule has 1 fully saturated rings. The number of esters is 2. The first-order valence-electron chi connectivity index (χ1n) is 10.7. The SMILES string of the molecule is Cc1ccc(C(=O)OC[C@H]2O[C@@H](n3cc(I)cnc3=O)C[C@@H]2OC(=O)c2ccc(C)cc2)cc1. The van der Waals surface area contributed by atoms with Gasteiger partial charge in [-0.3, -0.25) is 4.57 Å². The summed E-state index contributed by atoms with van der Waals surface area (Å²) in [5.74, 6) is -1.03. The number of rotatable bonds is 6. The van der Waals surface area contributed by atoms with E-state index >= 15 is 0 Å². The third-order valence-corrected chi connectivity index (χ3v) is 6.04. The first kappa shape index (κ1) is 24.1. The van der Waals surface area contributed by atoms with Crippen LogP contribution in [0.25, 0.3) is 0 Å². The fourth-order valence-corrected chi connectivity index (χ4v) is 4.02. The molecule has 0 amide bonds. The molecule has 4 rings (SSSR count). The third-order valence-electron chi connectivity index (χ3n) is 5.48. The molecule has 1 aliphatic heterocycles. The second-order valence-corrected chi connectivity index (χ2v) is 9.35. The molecule has 2 aromatic carbocycles. The largest absolute Gasteiger partial charge is 0.459 e. The van der Waals surface area contributed by atoms with Gasteiger partial charge in [-0.15, -0.1) is 0 Å². The molecule has 0 unspecified atom stereocenters. The molecule has 0 saturated carbocycles. The lowest BCUT2D eigenvalue weighted by molar-refractivity contribution is -0.0582. The molecule has 3 aromatic rings. The zero-order chi connectivity index (χ0) is 24.2. The molecule has 1 aromatic heterocycles. The molecule has 1 saturated heterocycles. The predicted molar refractivity (Wildman–Crippen MR) is 132 cm³/mol. The van der Waals surface area contributed by atoms with Crippen molar-refractivity contribution in [2.45, 2.75) is 38.7 Å². The number of halogens is 1. The number of nitrogens with zero attached hydrogens (tertiary/aromatic N) is 2. The van der Waals surface area contributed by atoms with Gasteiger partial charge >= 0.3 is 17.6 Å². The molecule has 1 aliphatic rings. The Morgan fingerprint density at radius 3 is 2.24 bits per heavy atom. The van der Waals surface area contributed by atoms with Crippen molar-refractivity contribution >= 4 is 34.5 Å². The van der Waals surface area contributed by atoms with E-state index < -0.39 is 36.1 Å². The van der Waals surface area contributed by atoms with E-state index in [0.717, 1.165) is 14.7 Å². The van der Waals surface area contributed by atoms with Crippen molar-refractivity contribution in [3.05, 3.63) is 97.2 Å². The molecule has 2 heterocycles. The van der Waals surface area contributed by atoms with Crippen LogP contribution < -0.4 is 5.69 Å². The van der Waals surface area contributed by atoms with E-state index in [1.54, 1.807) is 30.5 Å². The summed E-state index contributed by atoms with van der Waals surface area (Å²) in [6, 6.07) is 14.0. The molecule has 0 spiro atoms.